The Morgan fingerprint density at radius 1 is 0.862 bits per heavy atom. The van der Waals surface area contributed by atoms with E-state index >= 15 is 0 Å². The van der Waals surface area contributed by atoms with Gasteiger partial charge in [0.1, 0.15) is 12.0 Å². The Hall–Kier alpha value is -3.67. The van der Waals surface area contributed by atoms with Crippen molar-refractivity contribution in [2.24, 2.45) is 4.99 Å². The number of pyridine rings is 1. The fourth-order valence-corrected chi connectivity index (χ4v) is 3.51. The van der Waals surface area contributed by atoms with Crippen LogP contribution >= 0.6 is 0 Å². The van der Waals surface area contributed by atoms with Crippen LogP contribution in [0.5, 0.6) is 0 Å². The van der Waals surface area contributed by atoms with Crippen molar-refractivity contribution < 1.29 is 4.79 Å². The number of aromatic nitrogens is 3. The maximum Gasteiger partial charge on any atom is 0.329 e. The molecule has 0 unspecified atom stereocenters. The third-order valence-electron chi connectivity index (χ3n) is 4.89. The van der Waals surface area contributed by atoms with Crippen LogP contribution in [0.1, 0.15) is 12.5 Å². The van der Waals surface area contributed by atoms with Crippen LogP contribution in [0, 0.1) is 0 Å². The van der Waals surface area contributed by atoms with E-state index in [-0.39, 0.29) is 18.1 Å². The number of para-hydroxylation sites is 2. The Morgan fingerprint density at radius 2 is 1.52 bits per heavy atom. The number of nitrogens with zero attached hydrogens (tertiary/aromatic N) is 4. The van der Waals surface area contributed by atoms with Crippen LogP contribution in [-0.2, 0) is 24.4 Å². The van der Waals surface area contributed by atoms with Gasteiger partial charge in [-0.25, -0.2) is 4.79 Å². The molecule has 29 heavy (non-hydrogen) atoms. The van der Waals surface area contributed by atoms with E-state index in [9.17, 15) is 9.59 Å². The Morgan fingerprint density at radius 3 is 2.24 bits per heavy atom. The molecule has 0 radical (unpaired) electrons. The van der Waals surface area contributed by atoms with E-state index in [1.807, 2.05) is 84.4 Å². The monoisotopic (exact) mass is 386 g/mol. The van der Waals surface area contributed by atoms with Crippen molar-refractivity contribution in [3.63, 3.8) is 0 Å². The molecule has 0 bridgehead atoms. The summed E-state index contributed by atoms with van der Waals surface area (Å²) in [6.45, 7) is 2.99. The number of carbonyl (C=O) groups is 1. The molecule has 4 rings (SSSR count). The number of carbonyl (C=O) groups excluding carboxylic acids is 1. The second kappa shape index (κ2) is 8.14. The van der Waals surface area contributed by atoms with Gasteiger partial charge in [-0.1, -0.05) is 48.5 Å². The summed E-state index contributed by atoms with van der Waals surface area (Å²) in [5, 5.41) is 0. The first-order valence-corrected chi connectivity index (χ1v) is 9.62. The maximum atomic E-state index is 12.7. The van der Waals surface area contributed by atoms with Gasteiger partial charge in [-0.2, -0.15) is 4.99 Å². The molecule has 0 spiro atoms. The number of fused-ring (bicyclic) bond motifs is 1. The van der Waals surface area contributed by atoms with E-state index in [0.29, 0.717) is 18.6 Å². The smallest absolute Gasteiger partial charge is 0.328 e. The molecular weight excluding hydrogens is 364 g/mol. The first-order chi connectivity index (χ1) is 14.2. The summed E-state index contributed by atoms with van der Waals surface area (Å²) in [6.07, 6.45) is 1.90. The van der Waals surface area contributed by atoms with Gasteiger partial charge in [0.2, 0.25) is 0 Å². The molecule has 0 fully saturated rings. The van der Waals surface area contributed by atoms with Crippen LogP contribution < -0.4 is 11.2 Å². The minimum absolute atomic E-state index is 0.0907. The number of rotatable bonds is 5. The molecule has 2 aromatic heterocycles. The van der Waals surface area contributed by atoms with Crippen LogP contribution in [0.25, 0.3) is 11.0 Å². The second-order valence-electron chi connectivity index (χ2n) is 6.78. The Kier molecular flexibility index (Phi) is 5.24. The van der Waals surface area contributed by atoms with Gasteiger partial charge in [0, 0.05) is 19.3 Å². The highest BCUT2D eigenvalue weighted by atomic mass is 16.2. The van der Waals surface area contributed by atoms with Crippen molar-refractivity contribution >= 4 is 16.9 Å². The highest BCUT2D eigenvalue weighted by Crippen LogP contribution is 2.12. The summed E-state index contributed by atoms with van der Waals surface area (Å²) in [5.74, 6) is -0.362. The van der Waals surface area contributed by atoms with E-state index in [1.54, 1.807) is 10.6 Å². The molecule has 0 saturated carbocycles. The number of imidazole rings is 1. The van der Waals surface area contributed by atoms with Gasteiger partial charge < -0.3 is 4.57 Å². The first-order valence-electron chi connectivity index (χ1n) is 9.62. The number of hydrogen-bond donors (Lipinski definition) is 0. The van der Waals surface area contributed by atoms with E-state index in [1.165, 1.54) is 4.57 Å². The molecule has 0 aliphatic rings. The highest BCUT2D eigenvalue weighted by Gasteiger charge is 2.14. The van der Waals surface area contributed by atoms with E-state index < -0.39 is 0 Å². The molecule has 0 aliphatic heterocycles. The van der Waals surface area contributed by atoms with Gasteiger partial charge in [-0.15, -0.1) is 0 Å². The first kappa shape index (κ1) is 18.7. The van der Waals surface area contributed by atoms with Crippen LogP contribution in [0.15, 0.2) is 88.8 Å². The third-order valence-corrected chi connectivity index (χ3v) is 4.89. The Labute approximate surface area is 168 Å². The molecule has 0 saturated heterocycles. The Bertz CT molecular complexity index is 1280. The van der Waals surface area contributed by atoms with Crippen molar-refractivity contribution in [3.05, 3.63) is 101 Å². The zero-order valence-electron chi connectivity index (χ0n) is 16.2. The average molecular weight is 386 g/mol. The summed E-state index contributed by atoms with van der Waals surface area (Å²) in [7, 11) is 0. The molecule has 146 valence electrons. The number of aryl methyl sites for hydroxylation is 1. The van der Waals surface area contributed by atoms with Crippen molar-refractivity contribution in [1.82, 2.24) is 13.7 Å². The number of amides is 1. The molecule has 1 amide bonds. The lowest BCUT2D eigenvalue weighted by atomic mass is 10.2. The summed E-state index contributed by atoms with van der Waals surface area (Å²) in [4.78, 5) is 29.8. The normalized spacial score (nSPS) is 11.8. The fraction of sp³-hybridized carbons (Fsp3) is 0.174. The van der Waals surface area contributed by atoms with E-state index in [0.717, 1.165) is 16.6 Å². The maximum absolute atomic E-state index is 12.7. The predicted molar refractivity (Wildman–Crippen MR) is 112 cm³/mol. The minimum Gasteiger partial charge on any atom is -0.328 e. The van der Waals surface area contributed by atoms with Crippen molar-refractivity contribution in [2.75, 3.05) is 0 Å². The molecular formula is C23H22N4O2. The molecule has 2 aromatic carbocycles. The van der Waals surface area contributed by atoms with Crippen LogP contribution in [0.2, 0.25) is 0 Å². The van der Waals surface area contributed by atoms with Gasteiger partial charge in [-0.05, 0) is 36.8 Å². The van der Waals surface area contributed by atoms with Gasteiger partial charge in [0.15, 0.2) is 0 Å². The fourth-order valence-electron chi connectivity index (χ4n) is 3.51. The molecule has 6 nitrogen and oxygen atoms in total. The lowest BCUT2D eigenvalue weighted by molar-refractivity contribution is -0.118. The zero-order chi connectivity index (χ0) is 20.2. The Balaban J connectivity index is 1.68. The molecule has 0 aliphatic carbocycles. The van der Waals surface area contributed by atoms with Gasteiger partial charge in [0.05, 0.1) is 11.0 Å². The van der Waals surface area contributed by atoms with Crippen molar-refractivity contribution in [3.8, 4) is 0 Å². The molecule has 6 heteroatoms. The summed E-state index contributed by atoms with van der Waals surface area (Å²) in [5.41, 5.74) is 3.06. The SMILES string of the molecule is CCn1c(=O)n(CC(=O)N=c2ccccn2Cc2ccccc2)c2ccccc21. The summed E-state index contributed by atoms with van der Waals surface area (Å²) >= 11 is 0. The minimum atomic E-state index is -0.362. The predicted octanol–water partition coefficient (Wildman–Crippen LogP) is 2.80. The quantitative estimate of drug-likeness (QED) is 0.530. The van der Waals surface area contributed by atoms with Crippen LogP contribution in [0.4, 0.5) is 0 Å². The second-order valence-corrected chi connectivity index (χ2v) is 6.78. The van der Waals surface area contributed by atoms with Gasteiger partial charge in [-0.3, -0.25) is 13.9 Å². The lowest BCUT2D eigenvalue weighted by Gasteiger charge is -2.07. The summed E-state index contributed by atoms with van der Waals surface area (Å²) < 4.78 is 5.08. The molecule has 2 heterocycles. The zero-order valence-corrected chi connectivity index (χ0v) is 16.2. The molecule has 0 atom stereocenters. The largest absolute Gasteiger partial charge is 0.329 e. The van der Waals surface area contributed by atoms with Gasteiger partial charge >= 0.3 is 5.69 Å². The third kappa shape index (κ3) is 3.82. The van der Waals surface area contributed by atoms with E-state index in [2.05, 4.69) is 4.99 Å². The van der Waals surface area contributed by atoms with Crippen LogP contribution in [0.3, 0.4) is 0 Å². The van der Waals surface area contributed by atoms with Gasteiger partial charge in [0.25, 0.3) is 5.91 Å². The van der Waals surface area contributed by atoms with Crippen molar-refractivity contribution in [1.29, 1.82) is 0 Å². The van der Waals surface area contributed by atoms with E-state index in [4.69, 9.17) is 0 Å². The number of hydrogen-bond acceptors (Lipinski definition) is 2. The summed E-state index contributed by atoms with van der Waals surface area (Å²) in [6, 6.07) is 23.1. The molecule has 4 aromatic rings. The lowest BCUT2D eigenvalue weighted by Crippen LogP contribution is -2.28. The standard InChI is InChI=1S/C23H22N4O2/c1-2-26-19-12-6-7-13-20(19)27(23(26)29)17-22(28)24-21-14-8-9-15-25(21)16-18-10-4-3-5-11-18/h3-15H,2,16-17H2,1H3. The highest BCUT2D eigenvalue weighted by molar-refractivity contribution is 5.81. The van der Waals surface area contributed by atoms with Crippen LogP contribution in [-0.4, -0.2) is 19.6 Å². The van der Waals surface area contributed by atoms with Crippen molar-refractivity contribution in [2.45, 2.75) is 26.6 Å². The average Bonchev–Trinajstić information content (AvgIpc) is 3.01. The topological polar surface area (TPSA) is 61.3 Å². The number of benzene rings is 2. The molecule has 0 N–H and O–H groups in total.